The third-order valence-corrected chi connectivity index (χ3v) is 5.87. The summed E-state index contributed by atoms with van der Waals surface area (Å²) in [6.45, 7) is 4.39. The minimum absolute atomic E-state index is 0. The second-order valence-electron chi connectivity index (χ2n) is 8.47. The van der Waals surface area contributed by atoms with Crippen LogP contribution >= 0.6 is 0 Å². The number of unbranched alkanes of at least 4 members (excludes halogenated alkanes) is 11. The average molecular weight is 439 g/mol. The molecule has 5 heteroatoms. The topological polar surface area (TPSA) is 74.6 Å². The number of hydrogen-bond donors (Lipinski definition) is 2. The molecule has 0 bridgehead atoms. The van der Waals surface area contributed by atoms with Crippen molar-refractivity contribution in [1.82, 2.24) is 0 Å². The van der Waals surface area contributed by atoms with Gasteiger partial charge in [-0.05, 0) is 25.7 Å². The first-order valence-electron chi connectivity index (χ1n) is 12.0. The van der Waals surface area contributed by atoms with Crippen LogP contribution < -0.4 is 0 Å². The predicted octanol–water partition coefficient (Wildman–Crippen LogP) is 6.80. The van der Waals surface area contributed by atoms with Gasteiger partial charge in [-0.3, -0.25) is 9.59 Å². The number of rotatable bonds is 21. The molecule has 0 fully saturated rings. The first-order valence-corrected chi connectivity index (χ1v) is 12.0. The second kappa shape index (κ2) is 23.2. The summed E-state index contributed by atoms with van der Waals surface area (Å²) in [7, 11) is 0. The van der Waals surface area contributed by atoms with Crippen LogP contribution in [0, 0.1) is 11.8 Å². The molecule has 168 valence electrons. The maximum absolute atomic E-state index is 11.5. The fraction of sp³-hybridized carbons (Fsp3) is 0.917. The fourth-order valence-corrected chi connectivity index (χ4v) is 3.91. The van der Waals surface area contributed by atoms with Crippen molar-refractivity contribution in [3.8, 4) is 0 Å². The summed E-state index contributed by atoms with van der Waals surface area (Å²) in [5.41, 5.74) is 0. The molecule has 0 aromatic carbocycles. The summed E-state index contributed by atoms with van der Waals surface area (Å²) in [6.07, 6.45) is 18.7. The van der Waals surface area contributed by atoms with E-state index < -0.39 is 11.9 Å². The van der Waals surface area contributed by atoms with Gasteiger partial charge >= 0.3 is 63.3 Å². The summed E-state index contributed by atoms with van der Waals surface area (Å²) < 4.78 is 0. The van der Waals surface area contributed by atoms with Gasteiger partial charge in [0, 0.05) is 0 Å². The summed E-state index contributed by atoms with van der Waals surface area (Å²) >= 11 is 0. The van der Waals surface area contributed by atoms with Gasteiger partial charge in [-0.2, -0.15) is 0 Å². The van der Waals surface area contributed by atoms with E-state index in [1.54, 1.807) is 0 Å². The van der Waals surface area contributed by atoms with Crippen molar-refractivity contribution in [1.29, 1.82) is 0 Å². The van der Waals surface area contributed by atoms with Gasteiger partial charge in [-0.15, -0.1) is 0 Å². The molecule has 0 aliphatic rings. The van der Waals surface area contributed by atoms with Gasteiger partial charge in [0.25, 0.3) is 0 Å². The molecule has 4 nitrogen and oxygen atoms in total. The molecule has 29 heavy (non-hydrogen) atoms. The van der Waals surface area contributed by atoms with Gasteiger partial charge in [0.2, 0.25) is 0 Å². The van der Waals surface area contributed by atoms with E-state index in [9.17, 15) is 19.8 Å². The molecule has 2 N–H and O–H groups in total. The van der Waals surface area contributed by atoms with Crippen LogP contribution in [0.15, 0.2) is 0 Å². The first kappa shape index (κ1) is 31.8. The van der Waals surface area contributed by atoms with Crippen LogP contribution in [-0.4, -0.2) is 73.5 Å². The Kier molecular flexibility index (Phi) is 25.5. The SMILES string of the molecule is CCCCCCCCC(CCCCC(CCCCCCCC)C(=O)O)C(=O)O.[KH]. The second-order valence-corrected chi connectivity index (χ2v) is 8.47. The fourth-order valence-electron chi connectivity index (χ4n) is 3.91. The molecule has 0 aromatic heterocycles. The molecule has 0 aromatic rings. The normalized spacial score (nSPS) is 12.9. The molecule has 0 saturated carbocycles. The monoisotopic (exact) mass is 438 g/mol. The van der Waals surface area contributed by atoms with Crippen LogP contribution in [0.2, 0.25) is 0 Å². The molecular formula is C24H47KO4. The van der Waals surface area contributed by atoms with Gasteiger partial charge in [0.1, 0.15) is 0 Å². The van der Waals surface area contributed by atoms with E-state index in [1.165, 1.54) is 51.4 Å². The van der Waals surface area contributed by atoms with Crippen molar-refractivity contribution in [3.63, 3.8) is 0 Å². The van der Waals surface area contributed by atoms with E-state index in [-0.39, 0.29) is 63.2 Å². The van der Waals surface area contributed by atoms with Crippen molar-refractivity contribution in [2.24, 2.45) is 11.8 Å². The zero-order chi connectivity index (χ0) is 21.0. The zero-order valence-corrected chi connectivity index (χ0v) is 18.6. The predicted molar refractivity (Wildman–Crippen MR) is 124 cm³/mol. The van der Waals surface area contributed by atoms with E-state index in [1.807, 2.05) is 0 Å². The van der Waals surface area contributed by atoms with Gasteiger partial charge in [0.05, 0.1) is 11.8 Å². The molecule has 0 heterocycles. The molecule has 0 aliphatic carbocycles. The Morgan fingerprint density at radius 3 is 1.03 bits per heavy atom. The Bertz CT molecular complexity index is 351. The molecule has 0 radical (unpaired) electrons. The van der Waals surface area contributed by atoms with Crippen LogP contribution in [0.4, 0.5) is 0 Å². The Morgan fingerprint density at radius 2 is 0.759 bits per heavy atom. The van der Waals surface area contributed by atoms with Crippen molar-refractivity contribution >= 4 is 63.3 Å². The third-order valence-electron chi connectivity index (χ3n) is 5.87. The Balaban J connectivity index is 0. The van der Waals surface area contributed by atoms with Crippen LogP contribution in [-0.2, 0) is 9.59 Å². The van der Waals surface area contributed by atoms with E-state index >= 15 is 0 Å². The summed E-state index contributed by atoms with van der Waals surface area (Å²) in [5, 5.41) is 18.8. The molecular weight excluding hydrogens is 391 g/mol. The van der Waals surface area contributed by atoms with Gasteiger partial charge < -0.3 is 10.2 Å². The van der Waals surface area contributed by atoms with E-state index in [0.29, 0.717) is 12.8 Å². The molecule has 0 amide bonds. The zero-order valence-electron chi connectivity index (χ0n) is 18.6. The number of aliphatic carboxylic acids is 2. The quantitative estimate of drug-likeness (QED) is 0.153. The van der Waals surface area contributed by atoms with Crippen LogP contribution in [0.3, 0.4) is 0 Å². The van der Waals surface area contributed by atoms with Crippen LogP contribution in [0.5, 0.6) is 0 Å². The van der Waals surface area contributed by atoms with E-state index in [0.717, 1.165) is 51.4 Å². The summed E-state index contributed by atoms with van der Waals surface area (Å²) in [6, 6.07) is 0. The van der Waals surface area contributed by atoms with E-state index in [4.69, 9.17) is 0 Å². The Labute approximate surface area is 222 Å². The number of carboxylic acid groups (broad SMARTS) is 2. The van der Waals surface area contributed by atoms with Crippen molar-refractivity contribution in [2.45, 2.75) is 129 Å². The van der Waals surface area contributed by atoms with Crippen molar-refractivity contribution in [2.75, 3.05) is 0 Å². The molecule has 2 atom stereocenters. The van der Waals surface area contributed by atoms with Gasteiger partial charge in [0.15, 0.2) is 0 Å². The third kappa shape index (κ3) is 20.2. The molecule has 0 aliphatic heterocycles. The summed E-state index contributed by atoms with van der Waals surface area (Å²) in [4.78, 5) is 22.9. The van der Waals surface area contributed by atoms with Gasteiger partial charge in [-0.1, -0.05) is 104 Å². The number of carbonyl (C=O) groups is 2. The molecule has 0 saturated heterocycles. The Morgan fingerprint density at radius 1 is 0.517 bits per heavy atom. The van der Waals surface area contributed by atoms with Gasteiger partial charge in [-0.25, -0.2) is 0 Å². The van der Waals surface area contributed by atoms with E-state index in [2.05, 4.69) is 13.8 Å². The average Bonchev–Trinajstić information content (AvgIpc) is 2.66. The molecule has 0 rings (SSSR count). The first-order chi connectivity index (χ1) is 13.5. The Hall–Kier alpha value is 0.576. The maximum atomic E-state index is 11.5. The van der Waals surface area contributed by atoms with Crippen molar-refractivity contribution in [3.05, 3.63) is 0 Å². The van der Waals surface area contributed by atoms with Crippen LogP contribution in [0.1, 0.15) is 129 Å². The van der Waals surface area contributed by atoms with Crippen molar-refractivity contribution < 1.29 is 19.8 Å². The number of hydrogen-bond acceptors (Lipinski definition) is 2. The molecule has 2 unspecified atom stereocenters. The van der Waals surface area contributed by atoms with Crippen LogP contribution in [0.25, 0.3) is 0 Å². The minimum atomic E-state index is -0.685. The molecule has 0 spiro atoms. The summed E-state index contributed by atoms with van der Waals surface area (Å²) in [5.74, 6) is -1.88. The number of carboxylic acids is 2. The standard InChI is InChI=1S/C24H46O4.K.H/c1-3-5-7-9-11-13-17-21(23(25)26)19-15-16-20-22(24(27)28)18-14-12-10-8-6-4-2;;/h21-22H,3-20H2,1-2H3,(H,25,26)(H,27,28);;.